The lowest BCUT2D eigenvalue weighted by molar-refractivity contribution is -0.119. The number of amides is 3. The van der Waals surface area contributed by atoms with Crippen LogP contribution in [0.3, 0.4) is 0 Å². The van der Waals surface area contributed by atoms with Crippen molar-refractivity contribution in [1.29, 1.82) is 0 Å². The Morgan fingerprint density at radius 3 is 2.83 bits per heavy atom. The molecule has 1 aliphatic rings. The number of primary amides is 1. The third-order valence-corrected chi connectivity index (χ3v) is 3.08. The first kappa shape index (κ1) is 12.7. The number of hydrogen-bond acceptors (Lipinski definition) is 2. The van der Waals surface area contributed by atoms with Crippen LogP contribution in [-0.4, -0.2) is 30.4 Å². The molecule has 5 nitrogen and oxygen atoms in total. The molecule has 0 spiro atoms. The molecule has 0 aromatic heterocycles. The molecule has 1 atom stereocenters. The first-order valence-electron chi connectivity index (χ1n) is 5.65. The zero-order valence-electron chi connectivity index (χ0n) is 9.73. The molecule has 0 saturated carbocycles. The minimum absolute atomic E-state index is 0.322. The van der Waals surface area contributed by atoms with E-state index in [1.165, 1.54) is 4.90 Å². The van der Waals surface area contributed by atoms with E-state index in [0.29, 0.717) is 18.8 Å². The van der Waals surface area contributed by atoms with Crippen LogP contribution in [0.25, 0.3) is 0 Å². The molecule has 6 heteroatoms. The topological polar surface area (TPSA) is 75.4 Å². The largest absolute Gasteiger partial charge is 0.368 e. The van der Waals surface area contributed by atoms with Crippen molar-refractivity contribution in [3.63, 3.8) is 0 Å². The van der Waals surface area contributed by atoms with Crippen LogP contribution < -0.4 is 16.0 Å². The number of nitrogens with one attached hydrogen (secondary N) is 1. The molecule has 1 aromatic carbocycles. The summed E-state index contributed by atoms with van der Waals surface area (Å²) in [5.74, 6) is -0.185. The maximum atomic E-state index is 12.0. The lowest BCUT2D eigenvalue weighted by Gasteiger charge is -2.23. The van der Waals surface area contributed by atoms with E-state index in [1.54, 1.807) is 6.07 Å². The number of nitrogens with two attached hydrogens (primary N) is 1. The SMILES string of the molecule is NC(=O)C1Cc2ccccc2N1C(=O)NCCCl. The Morgan fingerprint density at radius 1 is 1.44 bits per heavy atom. The highest BCUT2D eigenvalue weighted by atomic mass is 35.5. The van der Waals surface area contributed by atoms with Crippen molar-refractivity contribution >= 4 is 29.2 Å². The Labute approximate surface area is 110 Å². The van der Waals surface area contributed by atoms with Gasteiger partial charge in [-0.25, -0.2) is 4.79 Å². The molecular formula is C12H14ClN3O2. The van der Waals surface area contributed by atoms with Gasteiger partial charge in [0.05, 0.1) is 0 Å². The van der Waals surface area contributed by atoms with Gasteiger partial charge in [-0.15, -0.1) is 11.6 Å². The van der Waals surface area contributed by atoms with E-state index >= 15 is 0 Å². The third-order valence-electron chi connectivity index (χ3n) is 2.89. The summed E-state index contributed by atoms with van der Waals surface area (Å²) in [5.41, 5.74) is 7.02. The summed E-state index contributed by atoms with van der Waals surface area (Å²) < 4.78 is 0. The number of carbonyl (C=O) groups excluding carboxylic acids is 2. The fraction of sp³-hybridized carbons (Fsp3) is 0.333. The smallest absolute Gasteiger partial charge is 0.322 e. The van der Waals surface area contributed by atoms with Crippen molar-refractivity contribution in [2.24, 2.45) is 5.73 Å². The van der Waals surface area contributed by atoms with Crippen molar-refractivity contribution in [3.05, 3.63) is 29.8 Å². The van der Waals surface area contributed by atoms with Gasteiger partial charge < -0.3 is 11.1 Å². The summed E-state index contributed by atoms with van der Waals surface area (Å²) in [5, 5.41) is 2.65. The summed E-state index contributed by atoms with van der Waals surface area (Å²) in [4.78, 5) is 24.9. The predicted octanol–water partition coefficient (Wildman–Crippen LogP) is 0.851. The van der Waals surface area contributed by atoms with Gasteiger partial charge >= 0.3 is 6.03 Å². The highest BCUT2D eigenvalue weighted by molar-refractivity contribution is 6.18. The zero-order chi connectivity index (χ0) is 13.1. The number of hydrogen-bond donors (Lipinski definition) is 2. The van der Waals surface area contributed by atoms with E-state index in [4.69, 9.17) is 17.3 Å². The molecule has 1 unspecified atom stereocenters. The van der Waals surface area contributed by atoms with Crippen LogP contribution in [0, 0.1) is 0 Å². The number of urea groups is 1. The Balaban J connectivity index is 2.28. The van der Waals surface area contributed by atoms with E-state index in [0.717, 1.165) is 11.3 Å². The van der Waals surface area contributed by atoms with Gasteiger partial charge in [-0.05, 0) is 11.6 Å². The Kier molecular flexibility index (Phi) is 3.72. The van der Waals surface area contributed by atoms with E-state index in [2.05, 4.69) is 5.32 Å². The molecule has 0 aliphatic carbocycles. The maximum Gasteiger partial charge on any atom is 0.322 e. The fourth-order valence-electron chi connectivity index (χ4n) is 2.10. The van der Waals surface area contributed by atoms with E-state index in [-0.39, 0.29) is 6.03 Å². The summed E-state index contributed by atoms with van der Waals surface area (Å²) in [6.45, 7) is 0.352. The quantitative estimate of drug-likeness (QED) is 0.797. The van der Waals surface area contributed by atoms with Gasteiger partial charge in [0.15, 0.2) is 0 Å². The van der Waals surface area contributed by atoms with Crippen LogP contribution in [0.4, 0.5) is 10.5 Å². The molecule has 0 radical (unpaired) electrons. The number of rotatable bonds is 3. The second-order valence-electron chi connectivity index (χ2n) is 4.04. The molecule has 0 bridgehead atoms. The Morgan fingerprint density at radius 2 is 2.17 bits per heavy atom. The normalized spacial score (nSPS) is 17.4. The number of nitrogens with zero attached hydrogens (tertiary/aromatic N) is 1. The third kappa shape index (κ3) is 2.26. The van der Waals surface area contributed by atoms with Crippen molar-refractivity contribution in [3.8, 4) is 0 Å². The molecule has 18 heavy (non-hydrogen) atoms. The number of benzene rings is 1. The first-order chi connectivity index (χ1) is 8.65. The fourth-order valence-corrected chi connectivity index (χ4v) is 2.20. The van der Waals surface area contributed by atoms with Gasteiger partial charge in [0.25, 0.3) is 0 Å². The number of halogens is 1. The number of alkyl halides is 1. The standard InChI is InChI=1S/C12H14ClN3O2/c13-5-6-15-12(18)16-9-4-2-1-3-8(9)7-10(16)11(14)17/h1-4,10H,5-7H2,(H2,14,17)(H,15,18). The van der Waals surface area contributed by atoms with Gasteiger partial charge in [0.2, 0.25) is 5.91 Å². The average molecular weight is 268 g/mol. The van der Waals surface area contributed by atoms with E-state index in [1.807, 2.05) is 18.2 Å². The van der Waals surface area contributed by atoms with Gasteiger partial charge in [-0.3, -0.25) is 9.69 Å². The summed E-state index contributed by atoms with van der Waals surface area (Å²) >= 11 is 5.53. The van der Waals surface area contributed by atoms with Gasteiger partial charge in [0, 0.05) is 24.5 Å². The lowest BCUT2D eigenvalue weighted by Crippen LogP contribution is -2.50. The van der Waals surface area contributed by atoms with Crippen LogP contribution in [-0.2, 0) is 11.2 Å². The van der Waals surface area contributed by atoms with Crippen molar-refractivity contribution in [2.75, 3.05) is 17.3 Å². The van der Waals surface area contributed by atoms with E-state index < -0.39 is 11.9 Å². The molecule has 1 aliphatic heterocycles. The second-order valence-corrected chi connectivity index (χ2v) is 4.42. The van der Waals surface area contributed by atoms with E-state index in [9.17, 15) is 9.59 Å². The van der Waals surface area contributed by atoms with Gasteiger partial charge in [-0.1, -0.05) is 18.2 Å². The van der Waals surface area contributed by atoms with Crippen molar-refractivity contribution in [2.45, 2.75) is 12.5 Å². The molecule has 3 amide bonds. The van der Waals surface area contributed by atoms with Crippen molar-refractivity contribution in [1.82, 2.24) is 5.32 Å². The summed E-state index contributed by atoms with van der Waals surface area (Å²) in [7, 11) is 0. The molecule has 2 rings (SSSR count). The molecule has 1 aromatic rings. The number of anilines is 1. The maximum absolute atomic E-state index is 12.0. The zero-order valence-corrected chi connectivity index (χ0v) is 10.5. The Hall–Kier alpha value is -1.75. The highest BCUT2D eigenvalue weighted by Gasteiger charge is 2.36. The van der Waals surface area contributed by atoms with Crippen LogP contribution >= 0.6 is 11.6 Å². The van der Waals surface area contributed by atoms with Gasteiger partial charge in [0.1, 0.15) is 6.04 Å². The second kappa shape index (κ2) is 5.27. The molecule has 0 saturated heterocycles. The monoisotopic (exact) mass is 267 g/mol. The molecule has 1 heterocycles. The summed E-state index contributed by atoms with van der Waals surface area (Å²) in [6.07, 6.45) is 0.458. The minimum Gasteiger partial charge on any atom is -0.368 e. The minimum atomic E-state index is -0.627. The average Bonchev–Trinajstić information content (AvgIpc) is 2.75. The Bertz CT molecular complexity index is 478. The molecule has 0 fully saturated rings. The first-order valence-corrected chi connectivity index (χ1v) is 6.19. The molecular weight excluding hydrogens is 254 g/mol. The summed E-state index contributed by atoms with van der Waals surface area (Å²) in [6, 6.07) is 6.42. The number of fused-ring (bicyclic) bond motifs is 1. The molecule has 3 N–H and O–H groups in total. The highest BCUT2D eigenvalue weighted by Crippen LogP contribution is 2.31. The predicted molar refractivity (Wildman–Crippen MR) is 69.7 cm³/mol. The van der Waals surface area contributed by atoms with Crippen LogP contribution in [0.2, 0.25) is 0 Å². The number of para-hydroxylation sites is 1. The van der Waals surface area contributed by atoms with Gasteiger partial charge in [-0.2, -0.15) is 0 Å². The van der Waals surface area contributed by atoms with Crippen LogP contribution in [0.15, 0.2) is 24.3 Å². The van der Waals surface area contributed by atoms with Crippen LogP contribution in [0.5, 0.6) is 0 Å². The molecule has 96 valence electrons. The lowest BCUT2D eigenvalue weighted by atomic mass is 10.1. The number of carbonyl (C=O) groups is 2. The van der Waals surface area contributed by atoms with Crippen molar-refractivity contribution < 1.29 is 9.59 Å². The van der Waals surface area contributed by atoms with Crippen LogP contribution in [0.1, 0.15) is 5.56 Å².